The Bertz CT molecular complexity index is 850. The highest BCUT2D eigenvalue weighted by atomic mass is 16.5. The third-order valence-electron chi connectivity index (χ3n) is 6.38. The van der Waals surface area contributed by atoms with Crippen molar-refractivity contribution in [2.24, 2.45) is 5.10 Å². The molecule has 1 saturated carbocycles. The summed E-state index contributed by atoms with van der Waals surface area (Å²) in [6, 6.07) is 9.35. The molecule has 0 aromatic heterocycles. The maximum absolute atomic E-state index is 12.0. The number of unbranched alkanes of at least 4 members (excludes halogenated alkanes) is 1. The molecule has 1 aromatic rings. The fourth-order valence-corrected chi connectivity index (χ4v) is 4.41. The van der Waals surface area contributed by atoms with Gasteiger partial charge in [-0.2, -0.15) is 5.10 Å². The second-order valence-electron chi connectivity index (χ2n) is 8.81. The average Bonchev–Trinajstić information content (AvgIpc) is 3.33. The molecule has 5 rings (SSSR count). The van der Waals surface area contributed by atoms with Crippen LogP contribution < -0.4 is 20.9 Å². The molecule has 3 unspecified atom stereocenters. The highest BCUT2D eigenvalue weighted by molar-refractivity contribution is 5.89. The van der Waals surface area contributed by atoms with E-state index in [9.17, 15) is 4.79 Å². The highest BCUT2D eigenvalue weighted by Gasteiger charge is 2.44. The van der Waals surface area contributed by atoms with Crippen molar-refractivity contribution in [3.05, 3.63) is 42.2 Å². The van der Waals surface area contributed by atoms with Crippen molar-refractivity contribution in [3.8, 4) is 5.75 Å². The molecule has 3 N–H and O–H groups in total. The van der Waals surface area contributed by atoms with Gasteiger partial charge in [0.05, 0.1) is 18.7 Å². The van der Waals surface area contributed by atoms with Gasteiger partial charge in [0, 0.05) is 31.3 Å². The molecule has 8 heteroatoms. The van der Waals surface area contributed by atoms with Gasteiger partial charge >= 0.3 is 0 Å². The van der Waals surface area contributed by atoms with Crippen molar-refractivity contribution < 1.29 is 9.53 Å². The Balaban J connectivity index is 1.16. The third kappa shape index (κ3) is 4.49. The first-order valence-electron chi connectivity index (χ1n) is 11.6. The summed E-state index contributed by atoms with van der Waals surface area (Å²) in [5, 5.41) is 9.78. The number of hydrogen-bond donors (Lipinski definition) is 3. The minimum Gasteiger partial charge on any atom is -0.494 e. The minimum absolute atomic E-state index is 0.0839. The summed E-state index contributed by atoms with van der Waals surface area (Å²) in [6.45, 7) is 2.94. The summed E-state index contributed by atoms with van der Waals surface area (Å²) in [6.07, 6.45) is 10.8. The number of carbonyl (C=O) groups excluding carboxylic acids is 1. The predicted octanol–water partition coefficient (Wildman–Crippen LogP) is 2.57. The van der Waals surface area contributed by atoms with Gasteiger partial charge in [0.25, 0.3) is 0 Å². The topological polar surface area (TPSA) is 81.2 Å². The van der Waals surface area contributed by atoms with Crippen LogP contribution in [0.25, 0.3) is 0 Å². The Hall–Kier alpha value is -2.74. The van der Waals surface area contributed by atoms with Crippen molar-refractivity contribution in [3.63, 3.8) is 0 Å². The van der Waals surface area contributed by atoms with Gasteiger partial charge in [-0.25, -0.2) is 5.43 Å². The highest BCUT2D eigenvalue weighted by Crippen LogP contribution is 2.34. The normalized spacial score (nSPS) is 26.2. The summed E-state index contributed by atoms with van der Waals surface area (Å²) in [7, 11) is 0. The number of nitrogens with one attached hydrogen (secondary N) is 3. The fourth-order valence-electron chi connectivity index (χ4n) is 4.41. The Labute approximate surface area is 183 Å². The molecule has 3 aliphatic heterocycles. The summed E-state index contributed by atoms with van der Waals surface area (Å²) >= 11 is 0. The number of hydrogen-bond acceptors (Lipinski definition) is 7. The van der Waals surface area contributed by atoms with Crippen LogP contribution in [0.2, 0.25) is 0 Å². The number of fused-ring (bicyclic) bond motifs is 3. The molecular formula is C23H32N6O2. The van der Waals surface area contributed by atoms with Gasteiger partial charge in [-0.05, 0) is 43.4 Å². The van der Waals surface area contributed by atoms with Crippen LogP contribution in [-0.4, -0.2) is 46.5 Å². The number of amidine groups is 1. The number of rotatable bonds is 9. The van der Waals surface area contributed by atoms with Crippen LogP contribution in [0.5, 0.6) is 5.75 Å². The van der Waals surface area contributed by atoms with Crippen molar-refractivity contribution in [2.75, 3.05) is 6.61 Å². The van der Waals surface area contributed by atoms with E-state index in [-0.39, 0.29) is 24.2 Å². The van der Waals surface area contributed by atoms with E-state index in [1.807, 2.05) is 0 Å². The monoisotopic (exact) mass is 424 g/mol. The van der Waals surface area contributed by atoms with E-state index in [0.29, 0.717) is 18.9 Å². The van der Waals surface area contributed by atoms with Gasteiger partial charge in [-0.1, -0.05) is 25.5 Å². The number of benzene rings is 1. The van der Waals surface area contributed by atoms with E-state index < -0.39 is 0 Å². The van der Waals surface area contributed by atoms with Gasteiger partial charge in [-0.3, -0.25) is 10.2 Å². The molecule has 0 bridgehead atoms. The molecule has 31 heavy (non-hydrogen) atoms. The Morgan fingerprint density at radius 1 is 1.26 bits per heavy atom. The Morgan fingerprint density at radius 2 is 2.10 bits per heavy atom. The maximum atomic E-state index is 12.0. The molecule has 0 spiro atoms. The lowest BCUT2D eigenvalue weighted by atomic mass is 9.99. The minimum atomic E-state index is 0.0839. The lowest BCUT2D eigenvalue weighted by Gasteiger charge is -2.37. The van der Waals surface area contributed by atoms with E-state index in [0.717, 1.165) is 50.3 Å². The molecule has 2 fully saturated rings. The van der Waals surface area contributed by atoms with Crippen LogP contribution in [0.1, 0.15) is 63.5 Å². The summed E-state index contributed by atoms with van der Waals surface area (Å²) < 4.78 is 5.79. The number of nitrogens with zero attached hydrogens (tertiary/aromatic N) is 3. The van der Waals surface area contributed by atoms with Crippen LogP contribution in [-0.2, 0) is 4.79 Å². The number of hydrazone groups is 1. The first-order chi connectivity index (χ1) is 15.2. The van der Waals surface area contributed by atoms with Gasteiger partial charge in [0.15, 0.2) is 0 Å². The zero-order valence-corrected chi connectivity index (χ0v) is 18.1. The lowest BCUT2D eigenvalue weighted by molar-refractivity contribution is -0.121. The number of hydrazine groups is 1. The Kier molecular flexibility index (Phi) is 5.72. The van der Waals surface area contributed by atoms with E-state index in [1.54, 1.807) is 0 Å². The summed E-state index contributed by atoms with van der Waals surface area (Å²) in [5.74, 6) is 1.99. The van der Waals surface area contributed by atoms with Gasteiger partial charge in [0.2, 0.25) is 5.91 Å². The SMILES string of the molecule is CCCCOc1ccc(C2CC3C4NN=C(CCC(=O)NC5CC5)N4C=CN3N2)cc1. The van der Waals surface area contributed by atoms with E-state index in [1.165, 1.54) is 5.56 Å². The standard InChI is InChI=1S/C23H32N6O2/c1-2-3-14-31-18-8-4-16(5-9-18)19-15-20-23-26-25-21(28(23)12-13-29(20)27-19)10-11-22(30)24-17-6-7-17/h4-5,8-9,12-13,17,19-20,23,26-27H,2-3,6-7,10-11,14-15H2,1H3,(H,24,30). The van der Waals surface area contributed by atoms with Crippen LogP contribution >= 0.6 is 0 Å². The van der Waals surface area contributed by atoms with Crippen LogP contribution in [0.15, 0.2) is 41.8 Å². The molecule has 166 valence electrons. The van der Waals surface area contributed by atoms with Crippen molar-refractivity contribution >= 4 is 11.7 Å². The average molecular weight is 425 g/mol. The molecule has 3 heterocycles. The molecule has 8 nitrogen and oxygen atoms in total. The Morgan fingerprint density at radius 3 is 2.87 bits per heavy atom. The number of ether oxygens (including phenoxy) is 1. The molecule has 0 radical (unpaired) electrons. The number of carbonyl (C=O) groups is 1. The van der Waals surface area contributed by atoms with E-state index >= 15 is 0 Å². The lowest BCUT2D eigenvalue weighted by Crippen LogP contribution is -2.54. The first-order valence-corrected chi connectivity index (χ1v) is 11.6. The second-order valence-corrected chi connectivity index (χ2v) is 8.81. The molecule has 1 aromatic carbocycles. The molecule has 1 aliphatic carbocycles. The largest absolute Gasteiger partial charge is 0.494 e. The summed E-state index contributed by atoms with van der Waals surface area (Å²) in [5.41, 5.74) is 8.16. The molecule has 4 aliphatic rings. The maximum Gasteiger partial charge on any atom is 0.220 e. The zero-order chi connectivity index (χ0) is 21.2. The second kappa shape index (κ2) is 8.78. The molecule has 1 saturated heterocycles. The smallest absolute Gasteiger partial charge is 0.220 e. The molecule has 3 atom stereocenters. The van der Waals surface area contributed by atoms with Crippen LogP contribution in [0.4, 0.5) is 0 Å². The van der Waals surface area contributed by atoms with E-state index in [2.05, 4.69) is 74.8 Å². The predicted molar refractivity (Wildman–Crippen MR) is 119 cm³/mol. The van der Waals surface area contributed by atoms with Crippen molar-refractivity contribution in [1.29, 1.82) is 0 Å². The van der Waals surface area contributed by atoms with E-state index in [4.69, 9.17) is 4.74 Å². The first kappa shape index (κ1) is 20.2. The van der Waals surface area contributed by atoms with Gasteiger partial charge < -0.3 is 20.0 Å². The molecule has 1 amide bonds. The zero-order valence-electron chi connectivity index (χ0n) is 18.1. The van der Waals surface area contributed by atoms with Crippen molar-refractivity contribution in [2.45, 2.75) is 76.2 Å². The van der Waals surface area contributed by atoms with Gasteiger partial charge in [0.1, 0.15) is 17.8 Å². The van der Waals surface area contributed by atoms with Crippen LogP contribution in [0.3, 0.4) is 0 Å². The third-order valence-corrected chi connectivity index (χ3v) is 6.38. The fraction of sp³-hybridized carbons (Fsp3) is 0.565. The summed E-state index contributed by atoms with van der Waals surface area (Å²) in [4.78, 5) is 14.2. The number of amides is 1. The molecular weight excluding hydrogens is 392 g/mol. The van der Waals surface area contributed by atoms with Crippen LogP contribution in [0, 0.1) is 0 Å². The van der Waals surface area contributed by atoms with Gasteiger partial charge in [-0.15, -0.1) is 0 Å². The van der Waals surface area contributed by atoms with Crippen molar-refractivity contribution in [1.82, 2.24) is 26.1 Å². The quantitative estimate of drug-likeness (QED) is 0.529.